The molecule has 2 heterocycles. The Morgan fingerprint density at radius 3 is 2.28 bits per heavy atom. The van der Waals surface area contributed by atoms with Gasteiger partial charge < -0.3 is 19.5 Å². The fourth-order valence-corrected chi connectivity index (χ4v) is 3.73. The number of ether oxygens (including phenoxy) is 1. The molecule has 198 valence electrons. The first-order chi connectivity index (χ1) is 16.7. The van der Waals surface area contributed by atoms with Gasteiger partial charge in [-0.1, -0.05) is 11.6 Å². The highest BCUT2D eigenvalue weighted by molar-refractivity contribution is 6.30. The van der Waals surface area contributed by atoms with Crippen molar-refractivity contribution in [3.05, 3.63) is 57.0 Å². The molecule has 2 aromatic rings. The summed E-state index contributed by atoms with van der Waals surface area (Å²) < 4.78 is 84.9. The number of rotatable bonds is 7. The summed E-state index contributed by atoms with van der Waals surface area (Å²) in [6, 6.07) is 2.93. The first-order valence-electron chi connectivity index (χ1n) is 10.8. The molecule has 1 aliphatic rings. The fraction of sp³-hybridized carbons (Fsp3) is 0.455. The molecule has 0 spiro atoms. The first-order valence-corrected chi connectivity index (χ1v) is 11.1. The van der Waals surface area contributed by atoms with Crippen molar-refractivity contribution in [3.63, 3.8) is 0 Å². The molecule has 0 saturated carbocycles. The standard InChI is InChI=1S/C22H23ClF6N4O3/c1-31-4-6-32(7-5-31)8-9-36-18-3-2-14(21(24,25)26)11-17(18)30-19(34)13-33-12-15(22(27,28)29)10-16(23)20(33)35/h2-3,10-12H,4-9,13H2,1H3,(H,30,34). The number of benzene rings is 1. The Morgan fingerprint density at radius 1 is 1.03 bits per heavy atom. The van der Waals surface area contributed by atoms with Gasteiger partial charge in [0.15, 0.2) is 0 Å². The van der Waals surface area contributed by atoms with Crippen molar-refractivity contribution in [2.24, 2.45) is 0 Å². The molecule has 1 N–H and O–H groups in total. The van der Waals surface area contributed by atoms with Gasteiger partial charge in [0.25, 0.3) is 5.56 Å². The third-order valence-electron chi connectivity index (χ3n) is 5.53. The van der Waals surface area contributed by atoms with E-state index < -0.39 is 46.5 Å². The van der Waals surface area contributed by atoms with Gasteiger partial charge in [0, 0.05) is 38.9 Å². The van der Waals surface area contributed by atoms with Crippen LogP contribution in [0, 0.1) is 0 Å². The Bertz CT molecular complexity index is 1140. The van der Waals surface area contributed by atoms with Crippen molar-refractivity contribution in [2.75, 3.05) is 51.7 Å². The number of aromatic nitrogens is 1. The topological polar surface area (TPSA) is 66.8 Å². The number of hydrogen-bond acceptors (Lipinski definition) is 5. The number of alkyl halides is 6. The molecule has 1 fully saturated rings. The molecule has 1 aliphatic heterocycles. The SMILES string of the molecule is CN1CCN(CCOc2ccc(C(F)(F)F)cc2NC(=O)Cn2cc(C(F)(F)F)cc(Cl)c2=O)CC1. The van der Waals surface area contributed by atoms with Gasteiger partial charge in [-0.15, -0.1) is 0 Å². The number of nitrogens with zero attached hydrogens (tertiary/aromatic N) is 3. The lowest BCUT2D eigenvalue weighted by Gasteiger charge is -2.32. The molecular weight excluding hydrogens is 518 g/mol. The maximum absolute atomic E-state index is 13.2. The van der Waals surface area contributed by atoms with E-state index in [1.54, 1.807) is 0 Å². The number of pyridine rings is 1. The van der Waals surface area contributed by atoms with E-state index in [1.165, 1.54) is 0 Å². The van der Waals surface area contributed by atoms with E-state index in [4.69, 9.17) is 16.3 Å². The second kappa shape index (κ2) is 11.1. The molecule has 1 aromatic carbocycles. The van der Waals surface area contributed by atoms with Crippen molar-refractivity contribution >= 4 is 23.2 Å². The summed E-state index contributed by atoms with van der Waals surface area (Å²) in [6.45, 7) is 3.02. The minimum absolute atomic E-state index is 0.0556. The Morgan fingerprint density at radius 2 is 1.67 bits per heavy atom. The lowest BCUT2D eigenvalue weighted by molar-refractivity contribution is -0.138. The Labute approximate surface area is 207 Å². The lowest BCUT2D eigenvalue weighted by atomic mass is 10.1. The van der Waals surface area contributed by atoms with Gasteiger partial charge in [-0.2, -0.15) is 26.3 Å². The zero-order valence-corrected chi connectivity index (χ0v) is 19.8. The summed E-state index contributed by atoms with van der Waals surface area (Å²) in [4.78, 5) is 28.9. The van der Waals surface area contributed by atoms with Crippen LogP contribution in [0.1, 0.15) is 11.1 Å². The van der Waals surface area contributed by atoms with E-state index >= 15 is 0 Å². The Balaban J connectivity index is 1.77. The van der Waals surface area contributed by atoms with Crippen molar-refractivity contribution in [1.82, 2.24) is 14.4 Å². The maximum Gasteiger partial charge on any atom is 0.417 e. The number of nitrogens with one attached hydrogen (secondary N) is 1. The smallest absolute Gasteiger partial charge is 0.417 e. The van der Waals surface area contributed by atoms with Crippen molar-refractivity contribution in [3.8, 4) is 5.75 Å². The fourth-order valence-electron chi connectivity index (χ4n) is 3.50. The van der Waals surface area contributed by atoms with Gasteiger partial charge in [-0.3, -0.25) is 14.5 Å². The minimum atomic E-state index is -4.83. The molecule has 36 heavy (non-hydrogen) atoms. The number of hydrogen-bond donors (Lipinski definition) is 1. The number of carbonyl (C=O) groups excluding carboxylic acids is 1. The Kier molecular flexibility index (Phi) is 8.57. The average Bonchev–Trinajstić information content (AvgIpc) is 2.77. The molecule has 1 saturated heterocycles. The summed E-state index contributed by atoms with van der Waals surface area (Å²) in [6.07, 6.45) is -9.14. The van der Waals surface area contributed by atoms with Crippen LogP contribution in [0.25, 0.3) is 0 Å². The van der Waals surface area contributed by atoms with E-state index in [1.807, 2.05) is 7.05 Å². The van der Waals surface area contributed by atoms with Crippen LogP contribution in [0.3, 0.4) is 0 Å². The van der Waals surface area contributed by atoms with Crippen LogP contribution in [0.2, 0.25) is 5.02 Å². The number of anilines is 1. The number of halogens is 7. The van der Waals surface area contributed by atoms with E-state index in [2.05, 4.69) is 15.1 Å². The number of piperazine rings is 1. The third kappa shape index (κ3) is 7.37. The molecule has 0 aliphatic carbocycles. The van der Waals surface area contributed by atoms with Crippen LogP contribution in [0.5, 0.6) is 5.75 Å². The monoisotopic (exact) mass is 540 g/mol. The molecule has 0 atom stereocenters. The van der Waals surface area contributed by atoms with Crippen molar-refractivity contribution in [1.29, 1.82) is 0 Å². The molecule has 14 heteroatoms. The van der Waals surface area contributed by atoms with Gasteiger partial charge >= 0.3 is 12.4 Å². The van der Waals surface area contributed by atoms with Crippen LogP contribution >= 0.6 is 11.6 Å². The number of likely N-dealkylation sites (N-methyl/N-ethyl adjacent to an activating group) is 1. The van der Waals surface area contributed by atoms with Crippen LogP contribution < -0.4 is 15.6 Å². The summed E-state index contributed by atoms with van der Waals surface area (Å²) in [7, 11) is 1.99. The molecule has 0 radical (unpaired) electrons. The third-order valence-corrected chi connectivity index (χ3v) is 5.80. The Hall–Kier alpha value is -2.77. The molecule has 0 bridgehead atoms. The summed E-state index contributed by atoms with van der Waals surface area (Å²) >= 11 is 5.58. The van der Waals surface area contributed by atoms with Crippen LogP contribution in [-0.2, 0) is 23.7 Å². The normalized spacial score (nSPS) is 15.7. The minimum Gasteiger partial charge on any atom is -0.490 e. The molecule has 1 aromatic heterocycles. The van der Waals surface area contributed by atoms with Gasteiger partial charge in [0.1, 0.15) is 23.9 Å². The average molecular weight is 541 g/mol. The van der Waals surface area contributed by atoms with Gasteiger partial charge in [-0.25, -0.2) is 0 Å². The zero-order chi connectivity index (χ0) is 26.7. The zero-order valence-electron chi connectivity index (χ0n) is 19.0. The largest absolute Gasteiger partial charge is 0.490 e. The van der Waals surface area contributed by atoms with Gasteiger partial charge in [0.2, 0.25) is 5.91 Å². The number of carbonyl (C=O) groups is 1. The van der Waals surface area contributed by atoms with E-state index in [0.717, 1.165) is 38.3 Å². The predicted octanol–water partition coefficient (Wildman–Crippen LogP) is 3.80. The van der Waals surface area contributed by atoms with E-state index in [-0.39, 0.29) is 18.0 Å². The second-order valence-electron chi connectivity index (χ2n) is 8.26. The van der Waals surface area contributed by atoms with Crippen LogP contribution in [0.15, 0.2) is 35.3 Å². The highest BCUT2D eigenvalue weighted by Gasteiger charge is 2.33. The molecule has 0 unspecified atom stereocenters. The molecule has 7 nitrogen and oxygen atoms in total. The lowest BCUT2D eigenvalue weighted by Crippen LogP contribution is -2.45. The quantitative estimate of drug-likeness (QED) is 0.541. The highest BCUT2D eigenvalue weighted by atomic mass is 35.5. The highest BCUT2D eigenvalue weighted by Crippen LogP contribution is 2.35. The first kappa shape index (κ1) is 27.8. The summed E-state index contributed by atoms with van der Waals surface area (Å²) in [5.41, 5.74) is -3.72. The predicted molar refractivity (Wildman–Crippen MR) is 120 cm³/mol. The van der Waals surface area contributed by atoms with Crippen molar-refractivity contribution in [2.45, 2.75) is 18.9 Å². The number of amides is 1. The van der Waals surface area contributed by atoms with E-state index in [9.17, 15) is 35.9 Å². The summed E-state index contributed by atoms with van der Waals surface area (Å²) in [5.74, 6) is -1.10. The molecular formula is C22H23ClF6N4O3. The van der Waals surface area contributed by atoms with Crippen molar-refractivity contribution < 1.29 is 35.9 Å². The molecule has 1 amide bonds. The maximum atomic E-state index is 13.2. The van der Waals surface area contributed by atoms with Crippen LogP contribution in [-0.4, -0.2) is 66.7 Å². The van der Waals surface area contributed by atoms with Gasteiger partial charge in [-0.05, 0) is 31.3 Å². The molecule has 3 rings (SSSR count). The van der Waals surface area contributed by atoms with E-state index in [0.29, 0.717) is 29.4 Å². The van der Waals surface area contributed by atoms with Crippen LogP contribution in [0.4, 0.5) is 32.0 Å². The summed E-state index contributed by atoms with van der Waals surface area (Å²) in [5, 5.41) is 1.44. The van der Waals surface area contributed by atoms with Gasteiger partial charge in [0.05, 0.1) is 16.8 Å². The second-order valence-corrected chi connectivity index (χ2v) is 8.66.